The molecule has 5 nitrogen and oxygen atoms in total. The summed E-state index contributed by atoms with van der Waals surface area (Å²) in [6.45, 7) is -1.09. The summed E-state index contributed by atoms with van der Waals surface area (Å²) in [5.74, 6) is -3.20. The molecule has 0 bridgehead atoms. The van der Waals surface area contributed by atoms with Crippen LogP contribution in [0.4, 0.5) is 26.3 Å². The van der Waals surface area contributed by atoms with E-state index in [9.17, 15) is 35.9 Å². The van der Waals surface area contributed by atoms with Crippen molar-refractivity contribution in [2.75, 3.05) is 6.61 Å². The van der Waals surface area contributed by atoms with Crippen LogP contribution in [0.2, 0.25) is 0 Å². The fourth-order valence-corrected chi connectivity index (χ4v) is 1.51. The third-order valence-electron chi connectivity index (χ3n) is 2.64. The van der Waals surface area contributed by atoms with Crippen LogP contribution in [0.25, 0.3) is 0 Å². The van der Waals surface area contributed by atoms with Gasteiger partial charge in [-0.2, -0.15) is 26.3 Å². The van der Waals surface area contributed by atoms with Crippen molar-refractivity contribution in [2.45, 2.75) is 18.4 Å². The highest BCUT2D eigenvalue weighted by Gasteiger charge is 2.37. The Labute approximate surface area is 124 Å². The van der Waals surface area contributed by atoms with Crippen LogP contribution in [0.3, 0.4) is 0 Å². The topological polar surface area (TPSA) is 86.6 Å². The van der Waals surface area contributed by atoms with Gasteiger partial charge in [0.1, 0.15) is 0 Å². The minimum Gasteiger partial charge on any atom is -0.480 e. The van der Waals surface area contributed by atoms with Crippen molar-refractivity contribution in [3.05, 3.63) is 34.9 Å². The van der Waals surface area contributed by atoms with Crippen LogP contribution in [0.15, 0.2) is 18.2 Å². The van der Waals surface area contributed by atoms with Crippen LogP contribution in [-0.2, 0) is 17.1 Å². The maximum atomic E-state index is 12.6. The number of nitrogens with one attached hydrogen (secondary N) is 1. The first-order valence-corrected chi connectivity index (χ1v) is 5.80. The Hall–Kier alpha value is -2.30. The fourth-order valence-electron chi connectivity index (χ4n) is 1.51. The summed E-state index contributed by atoms with van der Waals surface area (Å²) in [5.41, 5.74) is -4.46. The SMILES string of the molecule is O=C(NC(CO)C(=O)O)c1cc(C(F)(F)F)cc(C(F)(F)F)c1. The fraction of sp³-hybridized carbons (Fsp3) is 0.333. The van der Waals surface area contributed by atoms with Gasteiger partial charge in [0, 0.05) is 5.56 Å². The monoisotopic (exact) mass is 345 g/mol. The molecule has 0 saturated carbocycles. The Morgan fingerprint density at radius 1 is 1.00 bits per heavy atom. The number of carboxylic acid groups (broad SMARTS) is 1. The van der Waals surface area contributed by atoms with E-state index in [1.54, 1.807) is 5.32 Å². The van der Waals surface area contributed by atoms with Gasteiger partial charge in [-0.05, 0) is 18.2 Å². The van der Waals surface area contributed by atoms with Gasteiger partial charge in [-0.1, -0.05) is 0 Å². The number of rotatable bonds is 4. The molecule has 1 aromatic rings. The van der Waals surface area contributed by atoms with Gasteiger partial charge in [-0.3, -0.25) is 4.79 Å². The molecular formula is C12H9F6NO4. The Bertz CT molecular complexity index is 578. The molecule has 0 heterocycles. The summed E-state index contributed by atoms with van der Waals surface area (Å²) in [5, 5.41) is 18.9. The quantitative estimate of drug-likeness (QED) is 0.728. The molecule has 1 atom stereocenters. The first kappa shape index (κ1) is 18.7. The lowest BCUT2D eigenvalue weighted by atomic mass is 10.0. The van der Waals surface area contributed by atoms with E-state index >= 15 is 0 Å². The number of aliphatic hydroxyl groups is 1. The lowest BCUT2D eigenvalue weighted by Gasteiger charge is -2.15. The second-order valence-electron chi connectivity index (χ2n) is 4.34. The average Bonchev–Trinajstić information content (AvgIpc) is 2.41. The largest absolute Gasteiger partial charge is 0.480 e. The zero-order chi connectivity index (χ0) is 18.0. The maximum absolute atomic E-state index is 12.6. The number of carboxylic acids is 1. The Kier molecular flexibility index (Phi) is 5.25. The minimum absolute atomic E-state index is 0.154. The maximum Gasteiger partial charge on any atom is 0.416 e. The summed E-state index contributed by atoms with van der Waals surface area (Å²) in [7, 11) is 0. The van der Waals surface area contributed by atoms with Crippen molar-refractivity contribution in [3.8, 4) is 0 Å². The Morgan fingerprint density at radius 2 is 1.43 bits per heavy atom. The summed E-state index contributed by atoms with van der Waals surface area (Å²) in [6.07, 6.45) is -10.3. The second-order valence-corrected chi connectivity index (χ2v) is 4.34. The molecule has 0 aliphatic heterocycles. The van der Waals surface area contributed by atoms with E-state index in [1.165, 1.54) is 0 Å². The molecule has 1 unspecified atom stereocenters. The first-order valence-electron chi connectivity index (χ1n) is 5.80. The van der Waals surface area contributed by atoms with Gasteiger partial charge in [0.05, 0.1) is 17.7 Å². The number of alkyl halides is 6. The highest BCUT2D eigenvalue weighted by Crippen LogP contribution is 2.36. The number of aliphatic carboxylic acids is 1. The van der Waals surface area contributed by atoms with E-state index < -0.39 is 53.6 Å². The molecule has 1 rings (SSSR count). The normalized spacial score (nSPS) is 13.5. The molecule has 0 radical (unpaired) electrons. The third kappa shape index (κ3) is 4.84. The van der Waals surface area contributed by atoms with Gasteiger partial charge >= 0.3 is 18.3 Å². The zero-order valence-electron chi connectivity index (χ0n) is 11.0. The number of amides is 1. The third-order valence-corrected chi connectivity index (χ3v) is 2.64. The van der Waals surface area contributed by atoms with Gasteiger partial charge in [-0.15, -0.1) is 0 Å². The molecular weight excluding hydrogens is 336 g/mol. The van der Waals surface area contributed by atoms with Crippen LogP contribution >= 0.6 is 0 Å². The molecule has 128 valence electrons. The summed E-state index contributed by atoms with van der Waals surface area (Å²) < 4.78 is 75.7. The van der Waals surface area contributed by atoms with Crippen molar-refractivity contribution in [2.24, 2.45) is 0 Å². The number of halogens is 6. The van der Waals surface area contributed by atoms with Crippen molar-refractivity contribution in [1.82, 2.24) is 5.32 Å². The molecule has 3 N–H and O–H groups in total. The van der Waals surface area contributed by atoms with Crippen molar-refractivity contribution < 1.29 is 46.1 Å². The van der Waals surface area contributed by atoms with E-state index in [4.69, 9.17) is 10.2 Å². The van der Waals surface area contributed by atoms with E-state index in [-0.39, 0.29) is 18.2 Å². The van der Waals surface area contributed by atoms with Gasteiger partial charge in [0.15, 0.2) is 6.04 Å². The Morgan fingerprint density at radius 3 is 1.74 bits per heavy atom. The highest BCUT2D eigenvalue weighted by atomic mass is 19.4. The molecule has 1 aromatic carbocycles. The molecule has 0 aliphatic carbocycles. The predicted octanol–water partition coefficient (Wildman–Crippen LogP) is 1.90. The first-order chi connectivity index (χ1) is 10.4. The second kappa shape index (κ2) is 6.44. The average molecular weight is 345 g/mol. The molecule has 0 fully saturated rings. The van der Waals surface area contributed by atoms with Crippen LogP contribution in [0.1, 0.15) is 21.5 Å². The summed E-state index contributed by atoms with van der Waals surface area (Å²) in [6, 6.07) is -1.73. The minimum atomic E-state index is -5.14. The smallest absolute Gasteiger partial charge is 0.416 e. The zero-order valence-corrected chi connectivity index (χ0v) is 11.0. The molecule has 0 aliphatic rings. The summed E-state index contributed by atoms with van der Waals surface area (Å²) >= 11 is 0. The number of benzene rings is 1. The highest BCUT2D eigenvalue weighted by molar-refractivity contribution is 5.97. The van der Waals surface area contributed by atoms with Crippen molar-refractivity contribution >= 4 is 11.9 Å². The standard InChI is InChI=1S/C12H9F6NO4/c13-11(14,15)6-1-5(2-7(3-6)12(16,17)18)9(21)19-8(4-20)10(22)23/h1-3,8,20H,4H2,(H,19,21)(H,22,23). The van der Waals surface area contributed by atoms with Gasteiger partial charge in [0.2, 0.25) is 0 Å². The molecule has 23 heavy (non-hydrogen) atoms. The predicted molar refractivity (Wildman–Crippen MR) is 62.4 cm³/mol. The van der Waals surface area contributed by atoms with Gasteiger partial charge in [0.25, 0.3) is 5.91 Å². The molecule has 1 amide bonds. The summed E-state index contributed by atoms with van der Waals surface area (Å²) in [4.78, 5) is 22.3. The lowest BCUT2D eigenvalue weighted by molar-refractivity contribution is -0.143. The van der Waals surface area contributed by atoms with Gasteiger partial charge in [-0.25, -0.2) is 4.79 Å². The van der Waals surface area contributed by atoms with E-state index in [1.807, 2.05) is 0 Å². The molecule has 11 heteroatoms. The van der Waals surface area contributed by atoms with Crippen LogP contribution in [0.5, 0.6) is 0 Å². The van der Waals surface area contributed by atoms with Gasteiger partial charge < -0.3 is 15.5 Å². The van der Waals surface area contributed by atoms with E-state index in [0.29, 0.717) is 0 Å². The van der Waals surface area contributed by atoms with Crippen molar-refractivity contribution in [3.63, 3.8) is 0 Å². The van der Waals surface area contributed by atoms with Crippen LogP contribution in [0, 0.1) is 0 Å². The lowest BCUT2D eigenvalue weighted by Crippen LogP contribution is -2.43. The number of carbonyl (C=O) groups is 2. The number of hydrogen-bond donors (Lipinski definition) is 3. The number of aliphatic hydroxyl groups excluding tert-OH is 1. The van der Waals surface area contributed by atoms with Crippen LogP contribution < -0.4 is 5.32 Å². The van der Waals surface area contributed by atoms with E-state index in [2.05, 4.69) is 0 Å². The molecule has 0 spiro atoms. The Balaban J connectivity index is 3.30. The van der Waals surface area contributed by atoms with Crippen LogP contribution in [-0.4, -0.2) is 34.7 Å². The molecule has 0 aromatic heterocycles. The van der Waals surface area contributed by atoms with E-state index in [0.717, 1.165) is 0 Å². The number of hydrogen-bond acceptors (Lipinski definition) is 3. The number of carbonyl (C=O) groups excluding carboxylic acids is 1. The molecule has 0 saturated heterocycles. The van der Waals surface area contributed by atoms with Crippen molar-refractivity contribution in [1.29, 1.82) is 0 Å².